The van der Waals surface area contributed by atoms with E-state index in [-0.39, 0.29) is 0 Å². The van der Waals surface area contributed by atoms with Crippen molar-refractivity contribution < 1.29 is 0 Å². The van der Waals surface area contributed by atoms with Gasteiger partial charge in [-0.25, -0.2) is 0 Å². The molecule has 1 aliphatic rings. The highest BCUT2D eigenvalue weighted by atomic mass is 32.2. The van der Waals surface area contributed by atoms with Gasteiger partial charge in [-0.15, -0.1) is 23.5 Å². The lowest BCUT2D eigenvalue weighted by Crippen LogP contribution is -1.89. The van der Waals surface area contributed by atoms with Crippen molar-refractivity contribution in [2.24, 2.45) is 0 Å². The second-order valence-corrected chi connectivity index (χ2v) is 5.30. The van der Waals surface area contributed by atoms with E-state index >= 15 is 0 Å². The van der Waals surface area contributed by atoms with Gasteiger partial charge in [0.2, 0.25) is 0 Å². The van der Waals surface area contributed by atoms with E-state index in [1.165, 1.54) is 5.75 Å². The van der Waals surface area contributed by atoms with Gasteiger partial charge >= 0.3 is 0 Å². The van der Waals surface area contributed by atoms with Crippen LogP contribution in [-0.2, 0) is 0 Å². The van der Waals surface area contributed by atoms with Crippen molar-refractivity contribution >= 4 is 23.5 Å². The van der Waals surface area contributed by atoms with Crippen LogP contribution in [0.5, 0.6) is 0 Å². The van der Waals surface area contributed by atoms with Gasteiger partial charge in [-0.05, 0) is 6.92 Å². The molecule has 0 aliphatic carbocycles. The van der Waals surface area contributed by atoms with Crippen molar-refractivity contribution in [2.75, 3.05) is 5.75 Å². The average molecular weight is 164 g/mol. The normalized spacial score (nSPS) is 33.3. The summed E-state index contributed by atoms with van der Waals surface area (Å²) in [7, 11) is 0. The van der Waals surface area contributed by atoms with Gasteiger partial charge in [0, 0.05) is 15.6 Å². The van der Waals surface area contributed by atoms with Gasteiger partial charge in [0.05, 0.1) is 0 Å². The van der Waals surface area contributed by atoms with E-state index < -0.39 is 0 Å². The Labute approximate surface area is 67.2 Å². The first-order valence-electron chi connectivity index (χ1n) is 3.56. The summed E-state index contributed by atoms with van der Waals surface area (Å²) in [5, 5.41) is 0.903. The Morgan fingerprint density at radius 2 is 1.78 bits per heavy atom. The monoisotopic (exact) mass is 164 g/mol. The van der Waals surface area contributed by atoms with Crippen molar-refractivity contribution in [2.45, 2.75) is 37.5 Å². The molecule has 1 saturated heterocycles. The number of hydrogen-bond acceptors (Lipinski definition) is 2. The summed E-state index contributed by atoms with van der Waals surface area (Å²) in [5.41, 5.74) is 0. The summed E-state index contributed by atoms with van der Waals surface area (Å²) in [6, 6.07) is 0. The lowest BCUT2D eigenvalue weighted by Gasteiger charge is -1.95. The molecule has 2 heteroatoms. The first-order valence-corrected chi connectivity index (χ1v) is 5.55. The minimum Gasteiger partial charge on any atom is -0.147 e. The topological polar surface area (TPSA) is 0 Å². The van der Waals surface area contributed by atoms with Gasteiger partial charge in [-0.3, -0.25) is 0 Å². The Kier molecular flexibility index (Phi) is 5.91. The molecule has 0 N–H and O–H groups in total. The zero-order valence-corrected chi connectivity index (χ0v) is 8.31. The van der Waals surface area contributed by atoms with E-state index in [1.54, 1.807) is 0 Å². The molecular weight excluding hydrogens is 148 g/mol. The van der Waals surface area contributed by atoms with Crippen LogP contribution < -0.4 is 0 Å². The molecule has 1 heterocycles. The Balaban J connectivity index is 0.000000291. The van der Waals surface area contributed by atoms with Gasteiger partial charge in [0.15, 0.2) is 0 Å². The van der Waals surface area contributed by atoms with Crippen molar-refractivity contribution in [3.05, 3.63) is 0 Å². The van der Waals surface area contributed by atoms with Crippen LogP contribution in [0.1, 0.15) is 27.7 Å². The largest absolute Gasteiger partial charge is 0.147 e. The first kappa shape index (κ1) is 9.70. The molecule has 0 radical (unpaired) electrons. The average Bonchev–Trinajstić information content (AvgIpc) is 2.20. The molecule has 9 heavy (non-hydrogen) atoms. The fraction of sp³-hybridized carbons (Fsp3) is 1.00. The summed E-state index contributed by atoms with van der Waals surface area (Å²) in [5.74, 6) is 1.35. The third-order valence-corrected chi connectivity index (χ3v) is 4.12. The van der Waals surface area contributed by atoms with Gasteiger partial charge in [-0.1, -0.05) is 20.8 Å². The predicted molar refractivity (Wildman–Crippen MR) is 50.3 cm³/mol. The molecule has 0 amide bonds. The van der Waals surface area contributed by atoms with Crippen LogP contribution in [0.3, 0.4) is 0 Å². The van der Waals surface area contributed by atoms with Crippen LogP contribution in [0.2, 0.25) is 0 Å². The highest BCUT2D eigenvalue weighted by Gasteiger charge is 2.17. The summed E-state index contributed by atoms with van der Waals surface area (Å²) in [6.45, 7) is 8.57. The number of hydrogen-bond donors (Lipinski definition) is 0. The SMILES string of the molecule is CC.CC1CSC(C)S1. The molecule has 0 bridgehead atoms. The third kappa shape index (κ3) is 4.15. The van der Waals surface area contributed by atoms with Crippen LogP contribution in [0.15, 0.2) is 0 Å². The summed E-state index contributed by atoms with van der Waals surface area (Å²) < 4.78 is 0.856. The molecular formula is C7H16S2. The quantitative estimate of drug-likeness (QED) is 0.539. The lowest BCUT2D eigenvalue weighted by atomic mass is 10.6. The Morgan fingerprint density at radius 1 is 1.22 bits per heavy atom. The Morgan fingerprint density at radius 3 is 1.89 bits per heavy atom. The van der Waals surface area contributed by atoms with Crippen molar-refractivity contribution in [3.63, 3.8) is 0 Å². The highest BCUT2D eigenvalue weighted by molar-refractivity contribution is 8.20. The van der Waals surface area contributed by atoms with Crippen molar-refractivity contribution in [1.82, 2.24) is 0 Å². The molecule has 1 aliphatic heterocycles. The molecule has 2 atom stereocenters. The third-order valence-electron chi connectivity index (χ3n) is 0.990. The van der Waals surface area contributed by atoms with E-state index in [1.807, 2.05) is 13.8 Å². The fourth-order valence-electron chi connectivity index (χ4n) is 0.677. The van der Waals surface area contributed by atoms with Crippen LogP contribution in [-0.4, -0.2) is 15.6 Å². The van der Waals surface area contributed by atoms with E-state index in [2.05, 4.69) is 37.4 Å². The summed E-state index contributed by atoms with van der Waals surface area (Å²) in [6.07, 6.45) is 0. The molecule has 1 rings (SSSR count). The van der Waals surface area contributed by atoms with Crippen LogP contribution in [0.4, 0.5) is 0 Å². The van der Waals surface area contributed by atoms with Gasteiger partial charge in [0.25, 0.3) is 0 Å². The van der Waals surface area contributed by atoms with Crippen LogP contribution >= 0.6 is 23.5 Å². The number of rotatable bonds is 0. The highest BCUT2D eigenvalue weighted by Crippen LogP contribution is 2.36. The molecule has 0 saturated carbocycles. The molecule has 0 aromatic rings. The minimum absolute atomic E-state index is 0.856. The molecule has 2 unspecified atom stereocenters. The second-order valence-electron chi connectivity index (χ2n) is 1.85. The second kappa shape index (κ2) is 5.48. The predicted octanol–water partition coefficient (Wildman–Crippen LogP) is 3.23. The summed E-state index contributed by atoms with van der Waals surface area (Å²) >= 11 is 4.15. The Bertz CT molecular complexity index is 55.9. The molecule has 0 spiro atoms. The zero-order valence-electron chi connectivity index (χ0n) is 6.68. The maximum Gasteiger partial charge on any atom is 0.0477 e. The fourth-order valence-corrected chi connectivity index (χ4v) is 3.54. The number of thioether (sulfide) groups is 2. The van der Waals surface area contributed by atoms with E-state index in [0.717, 1.165) is 9.83 Å². The van der Waals surface area contributed by atoms with E-state index in [4.69, 9.17) is 0 Å². The lowest BCUT2D eigenvalue weighted by molar-refractivity contribution is 1.15. The molecule has 0 aromatic carbocycles. The first-order chi connectivity index (χ1) is 4.29. The maximum atomic E-state index is 2.29. The standard InChI is InChI=1S/C5H10S2.C2H6/c1-4-3-6-5(2)7-4;1-2/h4-5H,3H2,1-2H3;1-2H3. The minimum atomic E-state index is 0.856. The van der Waals surface area contributed by atoms with Crippen molar-refractivity contribution in [3.8, 4) is 0 Å². The molecule has 1 fully saturated rings. The molecule has 56 valence electrons. The molecule has 0 nitrogen and oxygen atoms in total. The smallest absolute Gasteiger partial charge is 0.0477 e. The maximum absolute atomic E-state index is 2.29. The van der Waals surface area contributed by atoms with E-state index in [0.29, 0.717) is 0 Å². The summed E-state index contributed by atoms with van der Waals surface area (Å²) in [4.78, 5) is 0. The Hall–Kier alpha value is 0.700. The zero-order chi connectivity index (χ0) is 7.28. The van der Waals surface area contributed by atoms with Gasteiger partial charge in [0.1, 0.15) is 0 Å². The van der Waals surface area contributed by atoms with Crippen LogP contribution in [0.25, 0.3) is 0 Å². The van der Waals surface area contributed by atoms with Gasteiger partial charge < -0.3 is 0 Å². The van der Waals surface area contributed by atoms with Crippen molar-refractivity contribution in [1.29, 1.82) is 0 Å². The molecule has 0 aromatic heterocycles. The van der Waals surface area contributed by atoms with Gasteiger partial charge in [-0.2, -0.15) is 0 Å². The van der Waals surface area contributed by atoms with Crippen LogP contribution in [0, 0.1) is 0 Å². The van der Waals surface area contributed by atoms with E-state index in [9.17, 15) is 0 Å².